The van der Waals surface area contributed by atoms with Crippen LogP contribution in [0.4, 0.5) is 0 Å². The summed E-state index contributed by atoms with van der Waals surface area (Å²) >= 11 is 0. The van der Waals surface area contributed by atoms with Crippen molar-refractivity contribution >= 4 is 19.9 Å². The Morgan fingerprint density at radius 1 is 1.15 bits per heavy atom. The van der Waals surface area contributed by atoms with Crippen LogP contribution in [0.15, 0.2) is 11.2 Å². The first-order valence-electron chi connectivity index (χ1n) is 6.49. The zero-order chi connectivity index (χ0) is 15.4. The van der Waals surface area contributed by atoms with E-state index in [1.165, 1.54) is 6.20 Å². The molecule has 0 fully saturated rings. The quantitative estimate of drug-likeness (QED) is 0.740. The number of hydrogen-bond donors (Lipinski definition) is 1. The second-order valence-electron chi connectivity index (χ2n) is 4.64. The third-order valence-corrected chi connectivity index (χ3v) is 5.38. The third-order valence-electron chi connectivity index (χ3n) is 2.76. The number of sulfone groups is 1. The van der Waals surface area contributed by atoms with Gasteiger partial charge in [-0.25, -0.2) is 27.0 Å². The minimum atomic E-state index is -3.87. The van der Waals surface area contributed by atoms with E-state index in [4.69, 9.17) is 5.14 Å². The Labute approximate surface area is 120 Å². The summed E-state index contributed by atoms with van der Waals surface area (Å²) in [6.45, 7) is 3.93. The Morgan fingerprint density at radius 3 is 2.30 bits per heavy atom. The van der Waals surface area contributed by atoms with Crippen molar-refractivity contribution in [3.63, 3.8) is 0 Å². The van der Waals surface area contributed by atoms with E-state index in [-0.39, 0.29) is 23.1 Å². The van der Waals surface area contributed by atoms with E-state index in [1.807, 2.05) is 6.92 Å². The van der Waals surface area contributed by atoms with Crippen LogP contribution in [-0.2, 0) is 32.8 Å². The number of aromatic nitrogens is 2. The molecule has 116 valence electrons. The normalized spacial score (nSPS) is 12.8. The summed E-state index contributed by atoms with van der Waals surface area (Å²) in [5, 5.41) is 4.83. The Hall–Kier alpha value is -0.930. The van der Waals surface area contributed by atoms with Crippen LogP contribution >= 0.6 is 0 Å². The van der Waals surface area contributed by atoms with Gasteiger partial charge in [0.25, 0.3) is 10.0 Å². The highest BCUT2D eigenvalue weighted by molar-refractivity contribution is 7.91. The van der Waals surface area contributed by atoms with Crippen LogP contribution < -0.4 is 5.14 Å². The Kier molecular flexibility index (Phi) is 5.72. The van der Waals surface area contributed by atoms with E-state index in [0.29, 0.717) is 18.7 Å². The maximum atomic E-state index is 11.7. The van der Waals surface area contributed by atoms with Crippen LogP contribution in [0.2, 0.25) is 0 Å². The molecule has 0 aromatic carbocycles. The molecule has 7 nitrogen and oxygen atoms in total. The predicted molar refractivity (Wildman–Crippen MR) is 76.5 cm³/mol. The molecule has 0 atom stereocenters. The van der Waals surface area contributed by atoms with Crippen molar-refractivity contribution in [2.24, 2.45) is 5.14 Å². The molecule has 0 saturated heterocycles. The van der Waals surface area contributed by atoms with E-state index in [9.17, 15) is 16.8 Å². The van der Waals surface area contributed by atoms with Gasteiger partial charge in [0.2, 0.25) is 0 Å². The molecule has 1 rings (SSSR count). The van der Waals surface area contributed by atoms with Crippen molar-refractivity contribution in [3.05, 3.63) is 12.0 Å². The first kappa shape index (κ1) is 17.1. The number of nitrogens with zero attached hydrogens (tertiary/aromatic N) is 2. The van der Waals surface area contributed by atoms with E-state index < -0.39 is 19.9 Å². The lowest BCUT2D eigenvalue weighted by molar-refractivity contribution is 0.584. The van der Waals surface area contributed by atoms with E-state index in [0.717, 1.165) is 6.42 Å². The summed E-state index contributed by atoms with van der Waals surface area (Å²) in [6, 6.07) is 0. The van der Waals surface area contributed by atoms with Gasteiger partial charge >= 0.3 is 0 Å². The molecule has 0 spiro atoms. The molecule has 0 aliphatic heterocycles. The van der Waals surface area contributed by atoms with Crippen LogP contribution in [0.5, 0.6) is 0 Å². The van der Waals surface area contributed by atoms with Crippen molar-refractivity contribution in [2.75, 3.05) is 11.5 Å². The Bertz CT molecular complexity index is 647. The number of hydrogen-bond acceptors (Lipinski definition) is 5. The van der Waals surface area contributed by atoms with Crippen molar-refractivity contribution in [2.45, 2.75) is 44.7 Å². The number of aryl methyl sites for hydroxylation is 2. The molecule has 1 aromatic rings. The average molecular weight is 323 g/mol. The fourth-order valence-electron chi connectivity index (χ4n) is 1.83. The fourth-order valence-corrected chi connectivity index (χ4v) is 3.64. The number of imidazole rings is 1. The van der Waals surface area contributed by atoms with Crippen LogP contribution in [0.1, 0.15) is 32.5 Å². The minimum absolute atomic E-state index is 0.0298. The lowest BCUT2D eigenvalue weighted by Crippen LogP contribution is -2.16. The van der Waals surface area contributed by atoms with E-state index in [1.54, 1.807) is 11.5 Å². The topological polar surface area (TPSA) is 112 Å². The second-order valence-corrected chi connectivity index (χ2v) is 8.45. The molecule has 0 bridgehead atoms. The van der Waals surface area contributed by atoms with Gasteiger partial charge < -0.3 is 4.57 Å². The molecular formula is C11H21N3O4S2. The minimum Gasteiger partial charge on any atom is -0.332 e. The molecule has 2 N–H and O–H groups in total. The van der Waals surface area contributed by atoms with Gasteiger partial charge in [0.15, 0.2) is 14.9 Å². The van der Waals surface area contributed by atoms with Gasteiger partial charge in [-0.05, 0) is 12.8 Å². The monoisotopic (exact) mass is 323 g/mol. The third kappa shape index (κ3) is 4.88. The highest BCUT2D eigenvalue weighted by atomic mass is 32.2. The van der Waals surface area contributed by atoms with Gasteiger partial charge in [-0.2, -0.15) is 0 Å². The van der Waals surface area contributed by atoms with Crippen molar-refractivity contribution in [1.29, 1.82) is 0 Å². The predicted octanol–water partition coefficient (Wildman–Crippen LogP) is 0.308. The molecule has 0 saturated carbocycles. The van der Waals surface area contributed by atoms with E-state index in [2.05, 4.69) is 4.98 Å². The number of sulfonamides is 1. The molecule has 0 aliphatic rings. The molecule has 1 aromatic heterocycles. The molecule has 1 heterocycles. The first-order chi connectivity index (χ1) is 9.19. The van der Waals surface area contributed by atoms with Gasteiger partial charge in [-0.3, -0.25) is 0 Å². The number of rotatable bonds is 8. The van der Waals surface area contributed by atoms with Gasteiger partial charge in [-0.1, -0.05) is 13.8 Å². The zero-order valence-electron chi connectivity index (χ0n) is 11.7. The summed E-state index contributed by atoms with van der Waals surface area (Å²) in [7, 11) is -6.99. The smallest absolute Gasteiger partial charge is 0.257 e. The largest absolute Gasteiger partial charge is 0.332 e. The molecule has 0 amide bonds. The van der Waals surface area contributed by atoms with Crippen molar-refractivity contribution in [3.8, 4) is 0 Å². The molecule has 0 radical (unpaired) electrons. The second kappa shape index (κ2) is 6.68. The zero-order valence-corrected chi connectivity index (χ0v) is 13.4. The molecular weight excluding hydrogens is 302 g/mol. The summed E-state index contributed by atoms with van der Waals surface area (Å²) in [4.78, 5) is 3.97. The molecule has 0 aliphatic carbocycles. The summed E-state index contributed by atoms with van der Waals surface area (Å²) in [5.41, 5.74) is 0. The highest BCUT2D eigenvalue weighted by Crippen LogP contribution is 2.10. The van der Waals surface area contributed by atoms with Gasteiger partial charge in [-0.15, -0.1) is 0 Å². The van der Waals surface area contributed by atoms with Crippen LogP contribution in [0, 0.1) is 0 Å². The molecule has 0 unspecified atom stereocenters. The molecule has 20 heavy (non-hydrogen) atoms. The fraction of sp³-hybridized carbons (Fsp3) is 0.727. The van der Waals surface area contributed by atoms with Crippen LogP contribution in [0.25, 0.3) is 0 Å². The Morgan fingerprint density at radius 2 is 1.80 bits per heavy atom. The maximum absolute atomic E-state index is 11.7. The standard InChI is InChI=1S/C11H21N3O4S2/c1-3-5-10-13-11(20(12,17)18)9-14(10)6-8-19(15,16)7-4-2/h9H,3-8H2,1-2H3,(H2,12,17,18). The SMILES string of the molecule is CCCc1nc(S(N)(=O)=O)cn1CCS(=O)(=O)CCC. The number of nitrogens with two attached hydrogens (primary N) is 1. The van der Waals surface area contributed by atoms with Crippen LogP contribution in [-0.4, -0.2) is 37.9 Å². The van der Waals surface area contributed by atoms with Crippen LogP contribution in [0.3, 0.4) is 0 Å². The summed E-state index contributed by atoms with van der Waals surface area (Å²) < 4.78 is 47.5. The van der Waals surface area contributed by atoms with Crippen molar-refractivity contribution < 1.29 is 16.8 Å². The lowest BCUT2D eigenvalue weighted by Gasteiger charge is -2.07. The maximum Gasteiger partial charge on any atom is 0.257 e. The highest BCUT2D eigenvalue weighted by Gasteiger charge is 2.17. The molecule has 9 heteroatoms. The number of primary sulfonamides is 1. The van der Waals surface area contributed by atoms with Crippen molar-refractivity contribution in [1.82, 2.24) is 9.55 Å². The summed E-state index contributed by atoms with van der Waals surface area (Å²) in [6.07, 6.45) is 3.23. The summed E-state index contributed by atoms with van der Waals surface area (Å²) in [5.74, 6) is 0.647. The first-order valence-corrected chi connectivity index (χ1v) is 9.85. The lowest BCUT2D eigenvalue weighted by atomic mass is 10.3. The van der Waals surface area contributed by atoms with Gasteiger partial charge in [0.05, 0.1) is 5.75 Å². The van der Waals surface area contributed by atoms with Gasteiger partial charge in [0.1, 0.15) is 5.82 Å². The van der Waals surface area contributed by atoms with Gasteiger partial charge in [0, 0.05) is 24.9 Å². The Balaban J connectivity index is 2.96. The average Bonchev–Trinajstić information content (AvgIpc) is 2.70. The van der Waals surface area contributed by atoms with E-state index >= 15 is 0 Å².